The lowest BCUT2D eigenvalue weighted by Gasteiger charge is -2.28. The number of H-pyrrole nitrogens is 1. The van der Waals surface area contributed by atoms with Gasteiger partial charge in [-0.2, -0.15) is 0 Å². The van der Waals surface area contributed by atoms with Crippen molar-refractivity contribution in [2.45, 2.75) is 63.5 Å². The van der Waals surface area contributed by atoms with Gasteiger partial charge >= 0.3 is 0 Å². The molecule has 2 fully saturated rings. The summed E-state index contributed by atoms with van der Waals surface area (Å²) < 4.78 is 5.42. The molecule has 4 N–H and O–H groups in total. The Kier molecular flexibility index (Phi) is 9.24. The average molecular weight is 600 g/mol. The number of ether oxygens (including phenoxy) is 1. The topological polar surface area (TPSA) is 142 Å². The van der Waals surface area contributed by atoms with Crippen LogP contribution in [0.1, 0.15) is 71.7 Å². The van der Waals surface area contributed by atoms with Crippen molar-refractivity contribution in [1.29, 1.82) is 0 Å². The van der Waals surface area contributed by atoms with Crippen molar-refractivity contribution >= 4 is 57.3 Å². The van der Waals surface area contributed by atoms with Gasteiger partial charge in [0, 0.05) is 28.7 Å². The summed E-state index contributed by atoms with van der Waals surface area (Å²) in [6.07, 6.45) is 6.44. The number of nitrogens with one attached hydrogen (secondary N) is 4. The first-order valence-electron chi connectivity index (χ1n) is 14.0. The Morgan fingerprint density at radius 2 is 1.93 bits per heavy atom. The number of carbonyl (C=O) groups excluding carboxylic acids is 4. The predicted octanol–water partition coefficient (Wildman–Crippen LogP) is 4.25. The number of hydrogen-bond donors (Lipinski definition) is 4. The smallest absolute Gasteiger partial charge is 0.268 e. The second kappa shape index (κ2) is 13.0. The molecule has 1 aliphatic heterocycles. The molecule has 12 heteroatoms. The maximum absolute atomic E-state index is 13.8. The van der Waals surface area contributed by atoms with Crippen LogP contribution in [0.25, 0.3) is 10.9 Å². The van der Waals surface area contributed by atoms with Crippen molar-refractivity contribution in [3.05, 3.63) is 45.5 Å². The largest absolute Gasteiger partial charge is 0.496 e. The van der Waals surface area contributed by atoms with Gasteiger partial charge in [0.05, 0.1) is 13.2 Å². The zero-order chi connectivity index (χ0) is 28.9. The number of aromatic nitrogens is 2. The second-order valence-electron chi connectivity index (χ2n) is 10.8. The number of rotatable bonds is 11. The van der Waals surface area contributed by atoms with Gasteiger partial charge in [-0.3, -0.25) is 19.2 Å². The van der Waals surface area contributed by atoms with Crippen molar-refractivity contribution < 1.29 is 23.9 Å². The van der Waals surface area contributed by atoms with E-state index in [2.05, 4.69) is 25.9 Å². The van der Waals surface area contributed by atoms with Gasteiger partial charge in [-0.25, -0.2) is 4.98 Å². The number of fused-ring (bicyclic) bond motifs is 1. The van der Waals surface area contributed by atoms with Crippen LogP contribution in [-0.2, 0) is 9.59 Å². The third-order valence-corrected chi connectivity index (χ3v) is 9.19. The third-order valence-electron chi connectivity index (χ3n) is 8.01. The molecule has 3 unspecified atom stereocenters. The van der Waals surface area contributed by atoms with Crippen molar-refractivity contribution in [2.24, 2.45) is 11.8 Å². The van der Waals surface area contributed by atoms with Crippen molar-refractivity contribution in [2.75, 3.05) is 13.7 Å². The van der Waals surface area contributed by atoms with Crippen molar-refractivity contribution in [1.82, 2.24) is 25.9 Å². The highest BCUT2D eigenvalue weighted by molar-refractivity contribution is 7.12. The molecular formula is C29H34ClN5O5S. The van der Waals surface area contributed by atoms with Crippen LogP contribution in [0.15, 0.2) is 29.6 Å². The van der Waals surface area contributed by atoms with E-state index in [0.29, 0.717) is 30.8 Å². The van der Waals surface area contributed by atoms with Gasteiger partial charge in [0.1, 0.15) is 22.6 Å². The summed E-state index contributed by atoms with van der Waals surface area (Å²) in [4.78, 5) is 60.2. The van der Waals surface area contributed by atoms with E-state index < -0.39 is 35.6 Å². The molecule has 10 nitrogen and oxygen atoms in total. The fourth-order valence-corrected chi connectivity index (χ4v) is 6.77. The van der Waals surface area contributed by atoms with Crippen molar-refractivity contribution in [3.63, 3.8) is 0 Å². The van der Waals surface area contributed by atoms with E-state index in [1.807, 2.05) is 18.2 Å². The first-order chi connectivity index (χ1) is 19.8. The van der Waals surface area contributed by atoms with Crippen LogP contribution in [0.4, 0.5) is 0 Å². The van der Waals surface area contributed by atoms with Gasteiger partial charge in [0.2, 0.25) is 17.6 Å². The fourth-order valence-electron chi connectivity index (χ4n) is 5.83. The van der Waals surface area contributed by atoms with Crippen LogP contribution < -0.4 is 20.7 Å². The Bertz CT molecular complexity index is 1430. The number of hydrogen-bond acceptors (Lipinski definition) is 7. The number of Topliss-reactive ketones (excluding diaryl/α,β-unsaturated/α-hetero) is 1. The zero-order valence-electron chi connectivity index (χ0n) is 22.8. The molecule has 2 aromatic heterocycles. The number of ketones is 1. The van der Waals surface area contributed by atoms with Gasteiger partial charge in [0.25, 0.3) is 5.91 Å². The standard InChI is InChI=1S/C29H34ClN5O5S/c1-40-23-9-5-8-19-18(23)14-22(32-19)28(39)34-21(12-16-6-3-2-4-7-16)27(38)33-20(13-17-10-11-31-26(17)37)25(36)29-35-24(30)15-41-29/h5,8-9,14-17,20-21,32H,2-4,6-7,10-13H2,1H3,(H,31,37)(H,33,38)(H,34,39). The number of carbonyl (C=O) groups is 4. The maximum atomic E-state index is 13.8. The van der Waals surface area contributed by atoms with E-state index in [4.69, 9.17) is 16.3 Å². The van der Waals surface area contributed by atoms with E-state index in [0.717, 1.165) is 54.3 Å². The molecule has 1 saturated heterocycles. The lowest BCUT2D eigenvalue weighted by atomic mass is 9.84. The molecule has 0 spiro atoms. The number of methoxy groups -OCH3 is 1. The quantitative estimate of drug-likeness (QED) is 0.243. The Balaban J connectivity index is 1.37. The molecule has 3 atom stereocenters. The summed E-state index contributed by atoms with van der Waals surface area (Å²) in [6, 6.07) is 5.34. The monoisotopic (exact) mass is 599 g/mol. The minimum absolute atomic E-state index is 0.138. The highest BCUT2D eigenvalue weighted by Crippen LogP contribution is 2.29. The van der Waals surface area contributed by atoms with E-state index >= 15 is 0 Å². The second-order valence-corrected chi connectivity index (χ2v) is 12.0. The highest BCUT2D eigenvalue weighted by Gasteiger charge is 2.35. The predicted molar refractivity (Wildman–Crippen MR) is 156 cm³/mol. The summed E-state index contributed by atoms with van der Waals surface area (Å²) >= 11 is 7.06. The zero-order valence-corrected chi connectivity index (χ0v) is 24.4. The Hall–Kier alpha value is -3.44. The molecule has 218 valence electrons. The van der Waals surface area contributed by atoms with Crippen LogP contribution >= 0.6 is 22.9 Å². The molecule has 1 saturated carbocycles. The van der Waals surface area contributed by atoms with Crippen LogP contribution in [0.3, 0.4) is 0 Å². The minimum Gasteiger partial charge on any atom is -0.496 e. The average Bonchev–Trinajstić information content (AvgIpc) is 3.72. The molecular weight excluding hydrogens is 566 g/mol. The molecule has 2 aliphatic rings. The molecule has 1 aromatic carbocycles. The van der Waals surface area contributed by atoms with Crippen LogP contribution in [0, 0.1) is 11.8 Å². The first kappa shape index (κ1) is 29.1. The summed E-state index contributed by atoms with van der Waals surface area (Å²) in [5, 5.41) is 11.3. The van der Waals surface area contributed by atoms with Gasteiger partial charge in [-0.05, 0) is 43.4 Å². The van der Waals surface area contributed by atoms with Gasteiger partial charge in [-0.1, -0.05) is 49.8 Å². The molecule has 0 radical (unpaired) electrons. The summed E-state index contributed by atoms with van der Waals surface area (Å²) in [5.74, 6) is -0.937. The van der Waals surface area contributed by atoms with Crippen LogP contribution in [0.2, 0.25) is 5.15 Å². The molecule has 1 aliphatic carbocycles. The Morgan fingerprint density at radius 1 is 1.12 bits per heavy atom. The normalized spacial score (nSPS) is 19.0. The third kappa shape index (κ3) is 6.90. The lowest BCUT2D eigenvalue weighted by molar-refractivity contribution is -0.125. The molecule has 41 heavy (non-hydrogen) atoms. The maximum Gasteiger partial charge on any atom is 0.268 e. The van der Waals surface area contributed by atoms with Gasteiger partial charge in [-0.15, -0.1) is 11.3 Å². The SMILES string of the molecule is COc1cccc2[nH]c(C(=O)NC(CC3CCCCC3)C(=O)NC(CC3CCNC3=O)C(=O)c3nc(Cl)cs3)cc12. The molecule has 3 aromatic rings. The molecule has 3 amide bonds. The summed E-state index contributed by atoms with van der Waals surface area (Å²) in [7, 11) is 1.57. The number of aromatic amines is 1. The Morgan fingerprint density at radius 3 is 2.61 bits per heavy atom. The number of thiazole rings is 1. The van der Waals surface area contributed by atoms with Crippen LogP contribution in [-0.4, -0.2) is 59.2 Å². The first-order valence-corrected chi connectivity index (χ1v) is 15.3. The molecule has 3 heterocycles. The number of amides is 3. The fraction of sp³-hybridized carbons (Fsp3) is 0.483. The number of benzene rings is 1. The van der Waals surface area contributed by atoms with E-state index in [1.165, 1.54) is 0 Å². The van der Waals surface area contributed by atoms with Crippen LogP contribution in [0.5, 0.6) is 5.75 Å². The van der Waals surface area contributed by atoms with E-state index in [-0.39, 0.29) is 28.4 Å². The molecule has 5 rings (SSSR count). The van der Waals surface area contributed by atoms with E-state index in [1.54, 1.807) is 18.6 Å². The highest BCUT2D eigenvalue weighted by atomic mass is 35.5. The lowest BCUT2D eigenvalue weighted by Crippen LogP contribution is -2.53. The summed E-state index contributed by atoms with van der Waals surface area (Å²) in [6.45, 7) is 0.525. The number of halogens is 1. The van der Waals surface area contributed by atoms with E-state index in [9.17, 15) is 19.2 Å². The Labute approximate surface area is 247 Å². The van der Waals surface area contributed by atoms with Gasteiger partial charge < -0.3 is 25.7 Å². The van der Waals surface area contributed by atoms with Crippen molar-refractivity contribution in [3.8, 4) is 5.75 Å². The summed E-state index contributed by atoms with van der Waals surface area (Å²) in [5.41, 5.74) is 1.05. The molecule has 0 bridgehead atoms. The minimum atomic E-state index is -0.985. The number of nitrogens with zero attached hydrogens (tertiary/aromatic N) is 1. The van der Waals surface area contributed by atoms with Gasteiger partial charge in [0.15, 0.2) is 5.01 Å².